The van der Waals surface area contributed by atoms with E-state index in [-0.39, 0.29) is 11.4 Å². The van der Waals surface area contributed by atoms with Gasteiger partial charge in [0.15, 0.2) is 0 Å². The second kappa shape index (κ2) is 6.54. The summed E-state index contributed by atoms with van der Waals surface area (Å²) in [6.07, 6.45) is 5.43. The van der Waals surface area contributed by atoms with Crippen LogP contribution in [0.3, 0.4) is 0 Å². The van der Waals surface area contributed by atoms with E-state index in [2.05, 4.69) is 15.6 Å². The van der Waals surface area contributed by atoms with Gasteiger partial charge in [0.2, 0.25) is 5.91 Å². The van der Waals surface area contributed by atoms with Crippen molar-refractivity contribution in [2.24, 2.45) is 0 Å². The average Bonchev–Trinajstić information content (AvgIpc) is 2.91. The summed E-state index contributed by atoms with van der Waals surface area (Å²) >= 11 is 0. The number of amides is 1. The zero-order valence-electron chi connectivity index (χ0n) is 12.8. The number of imidazole rings is 1. The van der Waals surface area contributed by atoms with Crippen LogP contribution in [-0.4, -0.2) is 27.5 Å². The second-order valence-corrected chi connectivity index (χ2v) is 6.04. The molecule has 0 fully saturated rings. The topological polar surface area (TPSA) is 59.0 Å². The first-order chi connectivity index (χ1) is 9.94. The number of carbonyl (C=O) groups excluding carboxylic acids is 1. The summed E-state index contributed by atoms with van der Waals surface area (Å²) in [6.45, 7) is 6.90. The Hall–Kier alpha value is -2.14. The number of hydrogen-bond donors (Lipinski definition) is 2. The van der Waals surface area contributed by atoms with Crippen LogP contribution in [0, 0.1) is 0 Å². The fourth-order valence-corrected chi connectivity index (χ4v) is 1.98. The molecule has 1 heterocycles. The van der Waals surface area contributed by atoms with Crippen LogP contribution in [-0.2, 0) is 11.3 Å². The third-order valence-electron chi connectivity index (χ3n) is 2.87. The van der Waals surface area contributed by atoms with Crippen molar-refractivity contribution < 1.29 is 4.79 Å². The van der Waals surface area contributed by atoms with E-state index in [1.54, 1.807) is 12.5 Å². The molecule has 0 saturated heterocycles. The predicted octanol–water partition coefficient (Wildman–Crippen LogP) is 1.88. The second-order valence-electron chi connectivity index (χ2n) is 6.04. The molecule has 0 radical (unpaired) electrons. The molecule has 2 aromatic rings. The van der Waals surface area contributed by atoms with Crippen molar-refractivity contribution >= 4 is 5.91 Å². The molecule has 1 amide bonds. The Bertz CT molecular complexity index is 567. The maximum atomic E-state index is 11.7. The predicted molar refractivity (Wildman–Crippen MR) is 83.2 cm³/mol. The summed E-state index contributed by atoms with van der Waals surface area (Å²) in [5.74, 6) is 0.0116. The van der Waals surface area contributed by atoms with Crippen LogP contribution in [0.4, 0.5) is 0 Å². The molecule has 2 N–H and O–H groups in total. The molecule has 21 heavy (non-hydrogen) atoms. The van der Waals surface area contributed by atoms with E-state index < -0.39 is 0 Å². The standard InChI is InChI=1S/C16H22N4O/c1-16(2,3)19-15(21)11-18-10-13-4-6-14(7-5-13)20-9-8-17-12-20/h4-9,12,18H,10-11H2,1-3H3,(H,19,21). The van der Waals surface area contributed by atoms with E-state index in [1.807, 2.05) is 55.8 Å². The third kappa shape index (κ3) is 5.04. The number of nitrogens with one attached hydrogen (secondary N) is 2. The maximum absolute atomic E-state index is 11.7. The summed E-state index contributed by atoms with van der Waals surface area (Å²) in [5, 5.41) is 6.07. The van der Waals surface area contributed by atoms with E-state index in [4.69, 9.17) is 0 Å². The van der Waals surface area contributed by atoms with Gasteiger partial charge in [0, 0.05) is 30.2 Å². The van der Waals surface area contributed by atoms with Gasteiger partial charge in [-0.15, -0.1) is 0 Å². The van der Waals surface area contributed by atoms with E-state index >= 15 is 0 Å². The van der Waals surface area contributed by atoms with E-state index in [0.717, 1.165) is 11.3 Å². The molecule has 0 unspecified atom stereocenters. The molecule has 0 saturated carbocycles. The summed E-state index contributed by atoms with van der Waals surface area (Å²) < 4.78 is 1.95. The van der Waals surface area contributed by atoms with Crippen LogP contribution < -0.4 is 10.6 Å². The van der Waals surface area contributed by atoms with Crippen LogP contribution in [0.25, 0.3) is 5.69 Å². The van der Waals surface area contributed by atoms with Gasteiger partial charge in [0.1, 0.15) is 0 Å². The number of carbonyl (C=O) groups is 1. The Kier molecular flexibility index (Phi) is 4.75. The molecule has 0 spiro atoms. The third-order valence-corrected chi connectivity index (χ3v) is 2.87. The number of aromatic nitrogens is 2. The van der Waals surface area contributed by atoms with Gasteiger partial charge in [-0.25, -0.2) is 4.98 Å². The number of rotatable bonds is 5. The lowest BCUT2D eigenvalue weighted by Crippen LogP contribution is -2.44. The van der Waals surface area contributed by atoms with Crippen molar-refractivity contribution in [3.8, 4) is 5.69 Å². The van der Waals surface area contributed by atoms with E-state index in [1.165, 1.54) is 0 Å². The number of nitrogens with zero attached hydrogens (tertiary/aromatic N) is 2. The lowest BCUT2D eigenvalue weighted by atomic mass is 10.1. The summed E-state index contributed by atoms with van der Waals surface area (Å²) in [4.78, 5) is 15.7. The van der Waals surface area contributed by atoms with Crippen LogP contribution in [0.1, 0.15) is 26.3 Å². The molecule has 112 valence electrons. The molecule has 0 aliphatic heterocycles. The van der Waals surface area contributed by atoms with Crippen LogP contribution in [0.2, 0.25) is 0 Å². The minimum absolute atomic E-state index is 0.0116. The fraction of sp³-hybridized carbons (Fsp3) is 0.375. The number of hydrogen-bond acceptors (Lipinski definition) is 3. The van der Waals surface area contributed by atoms with Crippen molar-refractivity contribution in [2.45, 2.75) is 32.9 Å². The molecule has 0 aliphatic rings. The number of benzene rings is 1. The van der Waals surface area contributed by atoms with Crippen molar-refractivity contribution in [3.05, 3.63) is 48.5 Å². The highest BCUT2D eigenvalue weighted by molar-refractivity contribution is 5.78. The van der Waals surface area contributed by atoms with Crippen molar-refractivity contribution in [2.75, 3.05) is 6.54 Å². The van der Waals surface area contributed by atoms with Gasteiger partial charge < -0.3 is 15.2 Å². The van der Waals surface area contributed by atoms with Crippen molar-refractivity contribution in [3.63, 3.8) is 0 Å². The monoisotopic (exact) mass is 286 g/mol. The normalized spacial score (nSPS) is 11.4. The zero-order valence-corrected chi connectivity index (χ0v) is 12.8. The molecule has 5 heteroatoms. The lowest BCUT2D eigenvalue weighted by molar-refractivity contribution is -0.121. The van der Waals surface area contributed by atoms with Crippen LogP contribution in [0.5, 0.6) is 0 Å². The molecule has 1 aromatic heterocycles. The quantitative estimate of drug-likeness (QED) is 0.882. The van der Waals surface area contributed by atoms with Gasteiger partial charge in [-0.05, 0) is 38.5 Å². The zero-order chi connectivity index (χ0) is 15.3. The first-order valence-electron chi connectivity index (χ1n) is 7.03. The van der Waals surface area contributed by atoms with Gasteiger partial charge in [0.05, 0.1) is 12.9 Å². The van der Waals surface area contributed by atoms with E-state index in [0.29, 0.717) is 13.1 Å². The van der Waals surface area contributed by atoms with Crippen molar-refractivity contribution in [1.29, 1.82) is 0 Å². The SMILES string of the molecule is CC(C)(C)NC(=O)CNCc1ccc(-n2ccnc2)cc1. The highest BCUT2D eigenvalue weighted by Gasteiger charge is 2.12. The molecule has 0 bridgehead atoms. The Morgan fingerprint density at radius 3 is 2.52 bits per heavy atom. The molecule has 0 aliphatic carbocycles. The first kappa shape index (κ1) is 15.3. The van der Waals surface area contributed by atoms with E-state index in [9.17, 15) is 4.79 Å². The largest absolute Gasteiger partial charge is 0.350 e. The van der Waals surface area contributed by atoms with Gasteiger partial charge in [0.25, 0.3) is 0 Å². The fourth-order valence-electron chi connectivity index (χ4n) is 1.98. The molecular weight excluding hydrogens is 264 g/mol. The summed E-state index contributed by atoms with van der Waals surface area (Å²) in [7, 11) is 0. The van der Waals surface area contributed by atoms with Gasteiger partial charge in [-0.2, -0.15) is 0 Å². The molecule has 1 aromatic carbocycles. The highest BCUT2D eigenvalue weighted by Crippen LogP contribution is 2.09. The van der Waals surface area contributed by atoms with Crippen LogP contribution in [0.15, 0.2) is 43.0 Å². The average molecular weight is 286 g/mol. The Morgan fingerprint density at radius 1 is 1.24 bits per heavy atom. The highest BCUT2D eigenvalue weighted by atomic mass is 16.2. The summed E-state index contributed by atoms with van der Waals surface area (Å²) in [5.41, 5.74) is 2.02. The maximum Gasteiger partial charge on any atom is 0.234 e. The Labute approximate surface area is 125 Å². The summed E-state index contributed by atoms with van der Waals surface area (Å²) in [6, 6.07) is 8.16. The van der Waals surface area contributed by atoms with Crippen molar-refractivity contribution in [1.82, 2.24) is 20.2 Å². The first-order valence-corrected chi connectivity index (χ1v) is 7.03. The smallest absolute Gasteiger partial charge is 0.234 e. The van der Waals surface area contributed by atoms with Gasteiger partial charge >= 0.3 is 0 Å². The molecule has 2 rings (SSSR count). The molecular formula is C16H22N4O. The lowest BCUT2D eigenvalue weighted by Gasteiger charge is -2.20. The molecule has 0 atom stereocenters. The Balaban J connectivity index is 1.80. The minimum atomic E-state index is -0.189. The van der Waals surface area contributed by atoms with Gasteiger partial charge in [-0.3, -0.25) is 4.79 Å². The van der Waals surface area contributed by atoms with Gasteiger partial charge in [-0.1, -0.05) is 12.1 Å². The Morgan fingerprint density at radius 2 is 1.95 bits per heavy atom. The molecule has 5 nitrogen and oxygen atoms in total. The van der Waals surface area contributed by atoms with Crippen LogP contribution >= 0.6 is 0 Å². The minimum Gasteiger partial charge on any atom is -0.350 e.